The Morgan fingerprint density at radius 3 is 3.05 bits per heavy atom. The number of aromatic amines is 1. The minimum absolute atomic E-state index is 0. The fourth-order valence-electron chi connectivity index (χ4n) is 2.69. The molecule has 1 atom stereocenters. The highest BCUT2D eigenvalue weighted by Gasteiger charge is 2.23. The van der Waals surface area contributed by atoms with E-state index >= 15 is 0 Å². The summed E-state index contributed by atoms with van der Waals surface area (Å²) in [7, 11) is 0. The van der Waals surface area contributed by atoms with Gasteiger partial charge in [-0.2, -0.15) is 0 Å². The van der Waals surface area contributed by atoms with E-state index in [1.54, 1.807) is 6.07 Å². The number of phenolic OH excluding ortho intramolecular Hbond substituents is 1. The van der Waals surface area contributed by atoms with E-state index in [9.17, 15) is 5.11 Å². The summed E-state index contributed by atoms with van der Waals surface area (Å²) < 4.78 is 2.94. The zero-order chi connectivity index (χ0) is 14.1. The molecule has 4 nitrogen and oxygen atoms in total. The highest BCUT2D eigenvalue weighted by atomic mass is 35.5. The van der Waals surface area contributed by atoms with Crippen LogP contribution in [-0.4, -0.2) is 27.0 Å². The monoisotopic (exact) mass is 343 g/mol. The van der Waals surface area contributed by atoms with E-state index in [0.717, 1.165) is 29.1 Å². The maximum absolute atomic E-state index is 9.64. The summed E-state index contributed by atoms with van der Waals surface area (Å²) in [5, 5.41) is 9.64. The third-order valence-electron chi connectivity index (χ3n) is 3.59. The first kappa shape index (κ1) is 16.4. The van der Waals surface area contributed by atoms with Gasteiger partial charge in [0.1, 0.15) is 5.75 Å². The summed E-state index contributed by atoms with van der Waals surface area (Å²) >= 11 is 7.22. The molecule has 1 aromatic carbocycles. The second-order valence-corrected chi connectivity index (χ2v) is 6.40. The van der Waals surface area contributed by atoms with Crippen LogP contribution in [-0.2, 0) is 12.8 Å². The number of halogens is 1. The summed E-state index contributed by atoms with van der Waals surface area (Å²) in [5.41, 5.74) is 8.01. The summed E-state index contributed by atoms with van der Waals surface area (Å²) in [6.45, 7) is 0.615. The van der Waals surface area contributed by atoms with Crippen molar-refractivity contribution in [3.8, 4) is 5.75 Å². The second kappa shape index (κ2) is 6.87. The molecule has 3 rings (SSSR count). The molecule has 2 heterocycles. The van der Waals surface area contributed by atoms with Crippen molar-refractivity contribution in [2.24, 2.45) is 5.73 Å². The van der Waals surface area contributed by atoms with Crippen LogP contribution in [0.2, 0.25) is 0 Å². The molecule has 0 amide bonds. The van der Waals surface area contributed by atoms with Crippen LogP contribution in [0.4, 0.5) is 0 Å². The quantitative estimate of drug-likeness (QED) is 0.749. The van der Waals surface area contributed by atoms with Gasteiger partial charge in [-0.1, -0.05) is 0 Å². The van der Waals surface area contributed by atoms with Crippen molar-refractivity contribution in [3.63, 3.8) is 0 Å². The standard InChI is InChI=1S/C14H17N3OS2.ClH/c15-4-3-10-7-16-14(19)17(10)11-5-9-6-12(18)1-2-13(9)20-8-11;/h1-2,6-7,11,18H,3-5,8,15H2,(H,16,19);1H/t11-;/m1./s1. The zero-order valence-electron chi connectivity index (χ0n) is 11.4. The predicted molar refractivity (Wildman–Crippen MR) is 91.2 cm³/mol. The van der Waals surface area contributed by atoms with Crippen LogP contribution in [0.5, 0.6) is 5.75 Å². The van der Waals surface area contributed by atoms with Crippen LogP contribution in [0.15, 0.2) is 29.3 Å². The van der Waals surface area contributed by atoms with Crippen molar-refractivity contribution in [3.05, 3.63) is 40.4 Å². The second-order valence-electron chi connectivity index (χ2n) is 4.95. The Balaban J connectivity index is 0.00000161. The molecule has 0 saturated carbocycles. The first-order chi connectivity index (χ1) is 9.69. The summed E-state index contributed by atoms with van der Waals surface area (Å²) in [5.74, 6) is 1.31. The highest BCUT2D eigenvalue weighted by molar-refractivity contribution is 7.99. The number of nitrogens with one attached hydrogen (secondary N) is 1. The van der Waals surface area contributed by atoms with Crippen molar-refractivity contribution in [1.82, 2.24) is 9.55 Å². The van der Waals surface area contributed by atoms with Crippen molar-refractivity contribution in [2.75, 3.05) is 12.3 Å². The smallest absolute Gasteiger partial charge is 0.177 e. The number of hydrogen-bond acceptors (Lipinski definition) is 4. The lowest BCUT2D eigenvalue weighted by Gasteiger charge is -2.26. The number of hydrogen-bond donors (Lipinski definition) is 3. The summed E-state index contributed by atoms with van der Waals surface area (Å²) in [6.07, 6.45) is 3.67. The van der Waals surface area contributed by atoms with Crippen molar-refractivity contribution >= 4 is 36.4 Å². The number of nitrogens with zero attached hydrogens (tertiary/aromatic N) is 1. The minimum Gasteiger partial charge on any atom is -0.508 e. The van der Waals surface area contributed by atoms with E-state index in [1.807, 2.05) is 30.1 Å². The van der Waals surface area contributed by atoms with Gasteiger partial charge in [0.2, 0.25) is 0 Å². The highest BCUT2D eigenvalue weighted by Crippen LogP contribution is 2.37. The molecule has 21 heavy (non-hydrogen) atoms. The fourth-order valence-corrected chi connectivity index (χ4v) is 4.14. The number of H-pyrrole nitrogens is 1. The molecule has 1 aliphatic rings. The molecule has 4 N–H and O–H groups in total. The van der Waals surface area contributed by atoms with Crippen LogP contribution < -0.4 is 5.73 Å². The van der Waals surface area contributed by atoms with Crippen LogP contribution in [0.1, 0.15) is 17.3 Å². The number of thioether (sulfide) groups is 1. The lowest BCUT2D eigenvalue weighted by molar-refractivity contribution is 0.470. The van der Waals surface area contributed by atoms with Gasteiger partial charge in [0, 0.05) is 35.0 Å². The van der Waals surface area contributed by atoms with E-state index in [1.165, 1.54) is 10.5 Å². The number of aromatic hydroxyl groups is 1. The molecule has 0 bridgehead atoms. The number of phenols is 1. The van der Waals surface area contributed by atoms with Gasteiger partial charge in [-0.25, -0.2) is 0 Å². The van der Waals surface area contributed by atoms with Crippen LogP contribution in [0, 0.1) is 4.77 Å². The Morgan fingerprint density at radius 2 is 2.29 bits per heavy atom. The molecule has 2 aromatic rings. The molecule has 1 aromatic heterocycles. The predicted octanol–water partition coefficient (Wildman–Crippen LogP) is 3.06. The van der Waals surface area contributed by atoms with Gasteiger partial charge in [0.05, 0.1) is 0 Å². The molecule has 0 unspecified atom stereocenters. The lowest BCUT2D eigenvalue weighted by atomic mass is 10.1. The minimum atomic E-state index is 0. The molecule has 0 saturated heterocycles. The molecule has 0 spiro atoms. The van der Waals surface area contributed by atoms with Gasteiger partial charge in [-0.3, -0.25) is 0 Å². The number of rotatable bonds is 3. The topological polar surface area (TPSA) is 67.0 Å². The third-order valence-corrected chi connectivity index (χ3v) is 5.16. The molecule has 1 aliphatic heterocycles. The number of imidazole rings is 1. The Hall–Kier alpha value is -0.950. The van der Waals surface area contributed by atoms with Gasteiger partial charge in [-0.15, -0.1) is 24.2 Å². The van der Waals surface area contributed by atoms with Crippen LogP contribution in [0.3, 0.4) is 0 Å². The Morgan fingerprint density at radius 1 is 1.48 bits per heavy atom. The molecule has 114 valence electrons. The van der Waals surface area contributed by atoms with Crippen molar-refractivity contribution in [2.45, 2.75) is 23.8 Å². The molecular formula is C14H18ClN3OS2. The SMILES string of the molecule is Cl.NCCc1c[nH]c(=S)n1[C@H]1CSc2ccc(O)cc2C1. The average Bonchev–Trinajstić information content (AvgIpc) is 2.79. The van der Waals surface area contributed by atoms with Crippen molar-refractivity contribution in [1.29, 1.82) is 0 Å². The first-order valence-corrected chi connectivity index (χ1v) is 8.02. The third kappa shape index (κ3) is 3.29. The van der Waals surface area contributed by atoms with Gasteiger partial charge in [0.15, 0.2) is 4.77 Å². The zero-order valence-corrected chi connectivity index (χ0v) is 13.9. The maximum Gasteiger partial charge on any atom is 0.177 e. The van der Waals surface area contributed by atoms with Crippen LogP contribution >= 0.6 is 36.4 Å². The summed E-state index contributed by atoms with van der Waals surface area (Å²) in [6, 6.07) is 5.90. The lowest BCUT2D eigenvalue weighted by Crippen LogP contribution is -2.21. The Kier molecular flexibility index (Phi) is 5.37. The largest absolute Gasteiger partial charge is 0.508 e. The van der Waals surface area contributed by atoms with E-state index in [2.05, 4.69) is 9.55 Å². The molecule has 0 aliphatic carbocycles. The van der Waals surface area contributed by atoms with E-state index < -0.39 is 0 Å². The average molecular weight is 344 g/mol. The van der Waals surface area contributed by atoms with Crippen molar-refractivity contribution < 1.29 is 5.11 Å². The van der Waals surface area contributed by atoms with Gasteiger partial charge < -0.3 is 20.4 Å². The number of aromatic nitrogens is 2. The molecule has 7 heteroatoms. The van der Waals surface area contributed by atoms with E-state index in [-0.39, 0.29) is 12.4 Å². The van der Waals surface area contributed by atoms with E-state index in [0.29, 0.717) is 18.3 Å². The number of nitrogens with two attached hydrogens (primary N) is 1. The van der Waals surface area contributed by atoms with Crippen LogP contribution in [0.25, 0.3) is 0 Å². The van der Waals surface area contributed by atoms with E-state index in [4.69, 9.17) is 18.0 Å². The number of fused-ring (bicyclic) bond motifs is 1. The Bertz CT molecular complexity index is 683. The molecule has 0 fully saturated rings. The fraction of sp³-hybridized carbons (Fsp3) is 0.357. The van der Waals surface area contributed by atoms with Gasteiger partial charge in [0.25, 0.3) is 0 Å². The maximum atomic E-state index is 9.64. The first-order valence-electron chi connectivity index (χ1n) is 6.62. The normalized spacial score (nSPS) is 17.1. The van der Waals surface area contributed by atoms with Gasteiger partial charge in [-0.05, 0) is 48.9 Å². The number of benzene rings is 1. The molecular weight excluding hydrogens is 326 g/mol. The Labute approximate surface area is 139 Å². The summed E-state index contributed by atoms with van der Waals surface area (Å²) in [4.78, 5) is 4.37. The van der Waals surface area contributed by atoms with Gasteiger partial charge >= 0.3 is 0 Å². The molecule has 0 radical (unpaired) electrons.